The molecule has 0 bridgehead atoms. The van der Waals surface area contributed by atoms with E-state index in [2.05, 4.69) is 137 Å². The van der Waals surface area contributed by atoms with Crippen LogP contribution in [0.4, 0.5) is 17.1 Å². The largest absolute Gasteiger partial charge is 0.453 e. The molecule has 3 aliphatic rings. The van der Waals surface area contributed by atoms with Gasteiger partial charge in [0.15, 0.2) is 11.5 Å². The van der Waals surface area contributed by atoms with Crippen molar-refractivity contribution in [2.24, 2.45) is 0 Å². The Hall–Kier alpha value is -5.48. The Morgan fingerprint density at radius 2 is 1.26 bits per heavy atom. The summed E-state index contributed by atoms with van der Waals surface area (Å²) in [5.74, 6) is 1.79. The molecular formula is C38H21BN2O. The molecule has 3 aliphatic heterocycles. The van der Waals surface area contributed by atoms with E-state index in [0.29, 0.717) is 0 Å². The fraction of sp³-hybridized carbons (Fsp3) is 0. The highest BCUT2D eigenvalue weighted by Crippen LogP contribution is 2.54. The molecule has 0 aliphatic carbocycles. The summed E-state index contributed by atoms with van der Waals surface area (Å²) in [6, 6.07) is 46.7. The molecule has 7 aromatic carbocycles. The predicted octanol–water partition coefficient (Wildman–Crippen LogP) is 8.62. The number of hydrogen-bond acceptors (Lipinski definition) is 2. The zero-order chi connectivity index (χ0) is 27.1. The first kappa shape index (κ1) is 21.3. The zero-order valence-corrected chi connectivity index (χ0v) is 22.5. The number of nitrogens with zero attached hydrogens (tertiary/aromatic N) is 2. The molecule has 0 fully saturated rings. The van der Waals surface area contributed by atoms with Crippen molar-refractivity contribution in [3.8, 4) is 22.6 Å². The van der Waals surface area contributed by atoms with Gasteiger partial charge in [0.1, 0.15) is 0 Å². The van der Waals surface area contributed by atoms with Gasteiger partial charge in [0.25, 0.3) is 0 Å². The van der Waals surface area contributed by atoms with Crippen LogP contribution >= 0.6 is 0 Å². The van der Waals surface area contributed by atoms with Gasteiger partial charge < -0.3 is 14.1 Å². The van der Waals surface area contributed by atoms with Gasteiger partial charge in [-0.15, -0.1) is 0 Å². The zero-order valence-electron chi connectivity index (χ0n) is 22.5. The number of aromatic nitrogens is 1. The molecule has 8 aromatic rings. The van der Waals surface area contributed by atoms with Gasteiger partial charge in [-0.2, -0.15) is 0 Å². The predicted molar refractivity (Wildman–Crippen MR) is 175 cm³/mol. The second kappa shape index (κ2) is 7.23. The maximum Gasteiger partial charge on any atom is 0.333 e. The first-order valence-electron chi connectivity index (χ1n) is 14.6. The molecule has 0 saturated carbocycles. The smallest absolute Gasteiger partial charge is 0.333 e. The molecule has 0 radical (unpaired) electrons. The lowest BCUT2D eigenvalue weighted by atomic mass is 9.44. The Morgan fingerprint density at radius 3 is 2.19 bits per heavy atom. The van der Waals surface area contributed by atoms with Gasteiger partial charge in [0, 0.05) is 32.8 Å². The minimum atomic E-state index is 0.00994. The lowest BCUT2D eigenvalue weighted by Crippen LogP contribution is -2.57. The van der Waals surface area contributed by atoms with Crippen LogP contribution < -0.4 is 20.6 Å². The summed E-state index contributed by atoms with van der Waals surface area (Å²) in [7, 11) is 0. The highest BCUT2D eigenvalue weighted by Gasteiger charge is 2.46. The Morgan fingerprint density at radius 1 is 0.524 bits per heavy atom. The fourth-order valence-electron chi connectivity index (χ4n) is 8.06. The van der Waals surface area contributed by atoms with Gasteiger partial charge in [-0.3, -0.25) is 0 Å². The Bertz CT molecular complexity index is 2530. The van der Waals surface area contributed by atoms with Crippen LogP contribution in [-0.4, -0.2) is 11.3 Å². The monoisotopic (exact) mass is 532 g/mol. The van der Waals surface area contributed by atoms with E-state index in [1.807, 2.05) is 0 Å². The highest BCUT2D eigenvalue weighted by molar-refractivity contribution is 6.90. The summed E-state index contributed by atoms with van der Waals surface area (Å²) in [5.41, 5.74) is 11.3. The van der Waals surface area contributed by atoms with Crippen molar-refractivity contribution in [2.45, 2.75) is 0 Å². The first-order valence-corrected chi connectivity index (χ1v) is 14.6. The Labute approximate surface area is 241 Å². The molecule has 42 heavy (non-hydrogen) atoms. The second-order valence-corrected chi connectivity index (χ2v) is 11.7. The molecule has 0 amide bonds. The first-order chi connectivity index (χ1) is 20.8. The normalized spacial score (nSPS) is 13.8. The molecule has 192 valence electrons. The minimum absolute atomic E-state index is 0.00994. The van der Waals surface area contributed by atoms with Gasteiger partial charge in [0.05, 0.1) is 17.1 Å². The van der Waals surface area contributed by atoms with Crippen molar-refractivity contribution < 1.29 is 4.74 Å². The van der Waals surface area contributed by atoms with E-state index in [0.717, 1.165) is 22.9 Å². The average molecular weight is 532 g/mol. The summed E-state index contributed by atoms with van der Waals surface area (Å²) in [4.78, 5) is 2.48. The van der Waals surface area contributed by atoms with Crippen LogP contribution in [0.3, 0.4) is 0 Å². The molecule has 3 nitrogen and oxygen atoms in total. The van der Waals surface area contributed by atoms with Crippen molar-refractivity contribution in [1.82, 2.24) is 4.48 Å². The quantitative estimate of drug-likeness (QED) is 0.182. The van der Waals surface area contributed by atoms with Crippen molar-refractivity contribution in [2.75, 3.05) is 4.90 Å². The van der Waals surface area contributed by atoms with Crippen molar-refractivity contribution in [3.05, 3.63) is 127 Å². The highest BCUT2D eigenvalue weighted by atomic mass is 16.5. The molecule has 1 aromatic heterocycles. The lowest BCUT2D eigenvalue weighted by molar-refractivity contribution is 0.477. The van der Waals surface area contributed by atoms with E-state index in [1.54, 1.807) is 0 Å². The van der Waals surface area contributed by atoms with Crippen LogP contribution in [-0.2, 0) is 0 Å². The van der Waals surface area contributed by atoms with Crippen molar-refractivity contribution in [1.29, 1.82) is 0 Å². The third kappa shape index (κ3) is 2.39. The Balaban J connectivity index is 1.40. The number of fused-ring (bicyclic) bond motifs is 12. The van der Waals surface area contributed by atoms with Gasteiger partial charge in [0.2, 0.25) is 0 Å². The van der Waals surface area contributed by atoms with Crippen molar-refractivity contribution >= 4 is 78.2 Å². The van der Waals surface area contributed by atoms with E-state index in [9.17, 15) is 0 Å². The number of para-hydroxylation sites is 4. The van der Waals surface area contributed by atoms with Crippen LogP contribution in [0.25, 0.3) is 54.5 Å². The van der Waals surface area contributed by atoms with Gasteiger partial charge in [-0.1, -0.05) is 91.0 Å². The molecule has 0 unspecified atom stereocenters. The third-order valence-corrected chi connectivity index (χ3v) is 9.67. The molecule has 0 atom stereocenters. The van der Waals surface area contributed by atoms with Crippen molar-refractivity contribution in [3.63, 3.8) is 0 Å². The van der Waals surface area contributed by atoms with Crippen LogP contribution in [0.1, 0.15) is 0 Å². The maximum absolute atomic E-state index is 6.61. The molecule has 0 spiro atoms. The fourth-order valence-corrected chi connectivity index (χ4v) is 8.06. The van der Waals surface area contributed by atoms with E-state index < -0.39 is 0 Å². The average Bonchev–Trinajstić information content (AvgIpc) is 3.36. The number of rotatable bonds is 0. The topological polar surface area (TPSA) is 17.4 Å². The number of ether oxygens (including phenoxy) is 1. The lowest BCUT2D eigenvalue weighted by Gasteiger charge is -2.43. The van der Waals surface area contributed by atoms with E-state index in [4.69, 9.17) is 4.74 Å². The van der Waals surface area contributed by atoms with Crippen LogP contribution in [0.2, 0.25) is 0 Å². The summed E-state index contributed by atoms with van der Waals surface area (Å²) in [6.07, 6.45) is 0. The Kier molecular flexibility index (Phi) is 3.67. The molecule has 0 saturated heterocycles. The molecule has 11 rings (SSSR count). The van der Waals surface area contributed by atoms with Crippen LogP contribution in [0, 0.1) is 0 Å². The number of hydrogen-bond donors (Lipinski definition) is 0. The summed E-state index contributed by atoms with van der Waals surface area (Å²) >= 11 is 0. The number of benzene rings is 7. The second-order valence-electron chi connectivity index (χ2n) is 11.7. The van der Waals surface area contributed by atoms with Gasteiger partial charge >= 0.3 is 6.85 Å². The summed E-state index contributed by atoms with van der Waals surface area (Å²) in [5, 5.41) is 7.66. The van der Waals surface area contributed by atoms with E-state index in [-0.39, 0.29) is 6.85 Å². The van der Waals surface area contributed by atoms with Gasteiger partial charge in [-0.05, 0) is 69.0 Å². The standard InChI is InChI=1S/C38H21BN2O/c1-2-10-23-21-32-28(19-22(23)9-1)26-13-7-14-27-29-20-24-11-3-4-12-25(24)37-35(29)39(41(32)36(26)27)30-15-8-18-34-38(30)40(37)31-16-5-6-17-33(31)42-34/h1-21H. The maximum atomic E-state index is 6.61. The van der Waals surface area contributed by atoms with E-state index in [1.165, 1.54) is 71.1 Å². The van der Waals surface area contributed by atoms with Crippen LogP contribution in [0.15, 0.2) is 127 Å². The molecule has 4 heterocycles. The number of anilines is 3. The third-order valence-electron chi connectivity index (χ3n) is 9.67. The van der Waals surface area contributed by atoms with E-state index >= 15 is 0 Å². The summed E-state index contributed by atoms with van der Waals surface area (Å²) in [6.45, 7) is 0.00994. The molecule has 4 heteroatoms. The SMILES string of the molecule is c1ccc2c(c1)Oc1cccc3c1N2c1c2c(cc4ccccc14)-c1cccc4c5cc6ccccc6cc5n(c14)B32. The molecular weight excluding hydrogens is 511 g/mol. The van der Waals surface area contributed by atoms with Crippen LogP contribution in [0.5, 0.6) is 11.5 Å². The molecule has 0 N–H and O–H groups in total. The summed E-state index contributed by atoms with van der Waals surface area (Å²) < 4.78 is 9.24. The minimum Gasteiger partial charge on any atom is -0.453 e. The van der Waals surface area contributed by atoms with Gasteiger partial charge in [-0.25, -0.2) is 0 Å².